The molecule has 8 heteroatoms. The molecule has 0 saturated carbocycles. The summed E-state index contributed by atoms with van der Waals surface area (Å²) in [6, 6.07) is 12.3. The highest BCUT2D eigenvalue weighted by Crippen LogP contribution is 2.29. The summed E-state index contributed by atoms with van der Waals surface area (Å²) in [7, 11) is 1.65. The van der Waals surface area contributed by atoms with E-state index in [1.165, 1.54) is 11.1 Å². The highest BCUT2D eigenvalue weighted by molar-refractivity contribution is 7.13. The Labute approximate surface area is 180 Å². The van der Waals surface area contributed by atoms with E-state index in [-0.39, 0.29) is 18.5 Å². The number of aryl methyl sites for hydroxylation is 1. The van der Waals surface area contributed by atoms with Crippen molar-refractivity contribution < 1.29 is 13.9 Å². The fourth-order valence-electron chi connectivity index (χ4n) is 3.79. The molecular formula is C22H26N4O3S. The Hall–Kier alpha value is -2.55. The van der Waals surface area contributed by atoms with Gasteiger partial charge in [0.1, 0.15) is 0 Å². The molecule has 0 bridgehead atoms. The quantitative estimate of drug-likeness (QED) is 0.565. The first-order chi connectivity index (χ1) is 14.7. The zero-order valence-corrected chi connectivity index (χ0v) is 17.9. The number of nitrogens with one attached hydrogen (secondary N) is 1. The lowest BCUT2D eigenvalue weighted by Gasteiger charge is -2.27. The number of thiophene rings is 1. The highest BCUT2D eigenvalue weighted by Gasteiger charge is 2.23. The van der Waals surface area contributed by atoms with E-state index in [1.54, 1.807) is 18.4 Å². The van der Waals surface area contributed by atoms with E-state index < -0.39 is 0 Å². The molecule has 1 aliphatic carbocycles. The smallest absolute Gasteiger partial charge is 0.257 e. The Bertz CT molecular complexity index is 957. The minimum Gasteiger partial charge on any atom is -0.419 e. The largest absolute Gasteiger partial charge is 0.419 e. The average Bonchev–Trinajstić information content (AvgIpc) is 3.44. The molecule has 1 aliphatic rings. The lowest BCUT2D eigenvalue weighted by atomic mass is 9.88. The van der Waals surface area contributed by atoms with Gasteiger partial charge in [-0.05, 0) is 41.8 Å². The Kier molecular flexibility index (Phi) is 6.88. The van der Waals surface area contributed by atoms with E-state index in [0.29, 0.717) is 31.5 Å². The maximum absolute atomic E-state index is 12.8. The minimum absolute atomic E-state index is 0.00852. The van der Waals surface area contributed by atoms with Gasteiger partial charge in [-0.1, -0.05) is 30.3 Å². The van der Waals surface area contributed by atoms with Crippen LogP contribution in [0.25, 0.3) is 10.8 Å². The van der Waals surface area contributed by atoms with Crippen LogP contribution in [0.4, 0.5) is 0 Å². The molecule has 0 fully saturated rings. The van der Waals surface area contributed by atoms with Crippen molar-refractivity contribution in [2.75, 3.05) is 26.8 Å². The fourth-order valence-corrected chi connectivity index (χ4v) is 4.43. The normalized spacial score (nSPS) is 15.9. The third-order valence-corrected chi connectivity index (χ3v) is 6.10. The summed E-state index contributed by atoms with van der Waals surface area (Å²) in [6.07, 6.45) is 3.13. The molecule has 1 aromatic carbocycles. The summed E-state index contributed by atoms with van der Waals surface area (Å²) in [5, 5.41) is 13.5. The van der Waals surface area contributed by atoms with E-state index in [0.717, 1.165) is 24.1 Å². The number of aromatic nitrogens is 2. The molecule has 1 atom stereocenters. The number of nitrogens with zero attached hydrogens (tertiary/aromatic N) is 3. The Morgan fingerprint density at radius 3 is 3.03 bits per heavy atom. The van der Waals surface area contributed by atoms with Crippen LogP contribution < -0.4 is 5.32 Å². The molecule has 3 aromatic rings. The molecule has 0 spiro atoms. The van der Waals surface area contributed by atoms with E-state index in [9.17, 15) is 4.79 Å². The van der Waals surface area contributed by atoms with Gasteiger partial charge in [-0.2, -0.15) is 0 Å². The molecule has 0 aliphatic heterocycles. The first-order valence-corrected chi connectivity index (χ1v) is 11.1. The molecule has 0 saturated heterocycles. The second kappa shape index (κ2) is 9.97. The summed E-state index contributed by atoms with van der Waals surface area (Å²) in [5.41, 5.74) is 2.57. The van der Waals surface area contributed by atoms with Crippen molar-refractivity contribution >= 4 is 17.2 Å². The number of amides is 1. The molecule has 1 amide bonds. The number of fused-ring (bicyclic) bond motifs is 1. The zero-order chi connectivity index (χ0) is 20.8. The van der Waals surface area contributed by atoms with Crippen molar-refractivity contribution in [1.82, 2.24) is 20.4 Å². The molecule has 158 valence electrons. The van der Waals surface area contributed by atoms with Crippen LogP contribution in [0.5, 0.6) is 0 Å². The van der Waals surface area contributed by atoms with Crippen LogP contribution in [0.15, 0.2) is 46.2 Å². The maximum atomic E-state index is 12.8. The number of rotatable bonds is 9. The number of carbonyl (C=O) groups excluding carboxylic acids is 1. The van der Waals surface area contributed by atoms with Gasteiger partial charge in [0.25, 0.3) is 5.89 Å². The van der Waals surface area contributed by atoms with E-state index in [2.05, 4.69) is 33.7 Å². The number of methoxy groups -OCH3 is 1. The predicted octanol–water partition coefficient (Wildman–Crippen LogP) is 3.44. The zero-order valence-electron chi connectivity index (χ0n) is 17.0. The van der Waals surface area contributed by atoms with Crippen LogP contribution in [-0.4, -0.2) is 47.8 Å². The van der Waals surface area contributed by atoms with Gasteiger partial charge in [-0.3, -0.25) is 9.69 Å². The second-order valence-electron chi connectivity index (χ2n) is 7.39. The third-order valence-electron chi connectivity index (χ3n) is 5.24. The Morgan fingerprint density at radius 2 is 2.20 bits per heavy atom. The van der Waals surface area contributed by atoms with Gasteiger partial charge in [-0.15, -0.1) is 21.5 Å². The average molecular weight is 427 g/mol. The fraction of sp³-hybridized carbons (Fsp3) is 0.409. The van der Waals surface area contributed by atoms with Crippen LogP contribution >= 0.6 is 11.3 Å². The number of hydrogen-bond acceptors (Lipinski definition) is 7. The van der Waals surface area contributed by atoms with Crippen molar-refractivity contribution in [2.24, 2.45) is 0 Å². The molecule has 2 heterocycles. The van der Waals surface area contributed by atoms with Gasteiger partial charge in [0.2, 0.25) is 11.8 Å². The van der Waals surface area contributed by atoms with Gasteiger partial charge in [0.05, 0.1) is 30.6 Å². The van der Waals surface area contributed by atoms with E-state index >= 15 is 0 Å². The van der Waals surface area contributed by atoms with Gasteiger partial charge in [0.15, 0.2) is 0 Å². The van der Waals surface area contributed by atoms with Crippen LogP contribution in [0, 0.1) is 0 Å². The molecule has 30 heavy (non-hydrogen) atoms. The number of benzene rings is 1. The van der Waals surface area contributed by atoms with Gasteiger partial charge < -0.3 is 14.5 Å². The van der Waals surface area contributed by atoms with Gasteiger partial charge >= 0.3 is 0 Å². The first kappa shape index (κ1) is 20.7. The van der Waals surface area contributed by atoms with E-state index in [4.69, 9.17) is 9.15 Å². The molecule has 0 unspecified atom stereocenters. The number of carbonyl (C=O) groups is 1. The molecule has 4 rings (SSSR count). The van der Waals surface area contributed by atoms with E-state index in [1.807, 2.05) is 28.5 Å². The van der Waals surface area contributed by atoms with Crippen molar-refractivity contribution in [3.8, 4) is 10.8 Å². The first-order valence-electron chi connectivity index (χ1n) is 10.2. The molecule has 1 N–H and O–H groups in total. The second-order valence-corrected chi connectivity index (χ2v) is 8.34. The van der Waals surface area contributed by atoms with Crippen LogP contribution in [0.1, 0.15) is 35.9 Å². The number of ether oxygens (including phenoxy) is 1. The standard InChI is InChI=1S/C22H26N4O3S/c1-28-12-11-26(15-21-24-25-22(29-21)19-10-5-13-30-19)14-20(27)23-18-9-4-7-16-6-2-3-8-17(16)18/h2-3,5-6,8,10,13,18H,4,7,9,11-12,14-15H2,1H3,(H,23,27)/t18-/m1/s1. The highest BCUT2D eigenvalue weighted by atomic mass is 32.1. The molecular weight excluding hydrogens is 400 g/mol. The van der Waals surface area contributed by atoms with Gasteiger partial charge in [0, 0.05) is 13.7 Å². The topological polar surface area (TPSA) is 80.5 Å². The Morgan fingerprint density at radius 1 is 1.30 bits per heavy atom. The lowest BCUT2D eigenvalue weighted by Crippen LogP contribution is -2.40. The van der Waals surface area contributed by atoms with Crippen LogP contribution in [-0.2, 0) is 22.5 Å². The number of hydrogen-bond donors (Lipinski definition) is 1. The SMILES string of the molecule is COCCN(CC(=O)N[C@@H]1CCCc2ccccc21)Cc1nnc(-c2cccs2)o1. The molecule has 7 nitrogen and oxygen atoms in total. The summed E-state index contributed by atoms with van der Waals surface area (Å²) in [4.78, 5) is 15.7. The Balaban J connectivity index is 1.39. The van der Waals surface area contributed by atoms with Crippen LogP contribution in [0.2, 0.25) is 0 Å². The third kappa shape index (κ3) is 5.13. The summed E-state index contributed by atoms with van der Waals surface area (Å²) < 4.78 is 11.0. The van der Waals surface area contributed by atoms with Crippen molar-refractivity contribution in [1.29, 1.82) is 0 Å². The van der Waals surface area contributed by atoms with Gasteiger partial charge in [-0.25, -0.2) is 0 Å². The van der Waals surface area contributed by atoms with Crippen molar-refractivity contribution in [3.63, 3.8) is 0 Å². The summed E-state index contributed by atoms with van der Waals surface area (Å²) >= 11 is 1.55. The van der Waals surface area contributed by atoms with Crippen molar-refractivity contribution in [2.45, 2.75) is 31.8 Å². The van der Waals surface area contributed by atoms with Crippen molar-refractivity contribution in [3.05, 3.63) is 58.8 Å². The minimum atomic E-state index is -0.00852. The summed E-state index contributed by atoms with van der Waals surface area (Å²) in [5.74, 6) is 0.992. The molecule has 2 aromatic heterocycles. The predicted molar refractivity (Wildman–Crippen MR) is 115 cm³/mol. The molecule has 0 radical (unpaired) electrons. The lowest BCUT2D eigenvalue weighted by molar-refractivity contribution is -0.123. The van der Waals surface area contributed by atoms with Crippen LogP contribution in [0.3, 0.4) is 0 Å². The maximum Gasteiger partial charge on any atom is 0.257 e. The summed E-state index contributed by atoms with van der Waals surface area (Å²) in [6.45, 7) is 1.77. The monoisotopic (exact) mass is 426 g/mol.